The number of rotatable bonds is 5. The van der Waals surface area contributed by atoms with Gasteiger partial charge in [-0.15, -0.1) is 0 Å². The number of unbranched alkanes of at least 4 members (excludes halogenated alkanes) is 1. The summed E-state index contributed by atoms with van der Waals surface area (Å²) in [5, 5.41) is 11.1. The van der Waals surface area contributed by atoms with E-state index in [4.69, 9.17) is 16.7 Å². The fourth-order valence-electron chi connectivity index (χ4n) is 1.22. The maximum Gasteiger partial charge on any atom is 0.224 e. The van der Waals surface area contributed by atoms with Gasteiger partial charge in [0.15, 0.2) is 0 Å². The zero-order valence-corrected chi connectivity index (χ0v) is 9.43. The monoisotopic (exact) mass is 245 g/mol. The van der Waals surface area contributed by atoms with Crippen LogP contribution in [0.1, 0.15) is 19.3 Å². The molecule has 0 aliphatic heterocycles. The summed E-state index contributed by atoms with van der Waals surface area (Å²) in [6, 6.07) is 4.21. The number of benzene rings is 1. The Morgan fingerprint density at radius 3 is 2.81 bits per heavy atom. The normalized spacial score (nSPS) is 10.2. The summed E-state index contributed by atoms with van der Waals surface area (Å²) < 4.78 is 13.3. The lowest BCUT2D eigenvalue weighted by Gasteiger charge is -2.07. The number of anilines is 1. The molecule has 5 heteroatoms. The number of amides is 1. The van der Waals surface area contributed by atoms with Crippen LogP contribution in [0.3, 0.4) is 0 Å². The first-order valence-electron chi connectivity index (χ1n) is 5.00. The molecule has 0 bridgehead atoms. The highest BCUT2D eigenvalue weighted by atomic mass is 35.5. The van der Waals surface area contributed by atoms with E-state index in [2.05, 4.69) is 5.32 Å². The minimum atomic E-state index is -0.553. The lowest BCUT2D eigenvalue weighted by atomic mass is 10.2. The number of aliphatic hydroxyl groups excluding tert-OH is 1. The Labute approximate surface area is 98.2 Å². The summed E-state index contributed by atoms with van der Waals surface area (Å²) in [7, 11) is 0. The van der Waals surface area contributed by atoms with Crippen molar-refractivity contribution in [1.29, 1.82) is 0 Å². The van der Waals surface area contributed by atoms with Gasteiger partial charge in [0.25, 0.3) is 0 Å². The molecule has 0 aliphatic carbocycles. The highest BCUT2D eigenvalue weighted by Crippen LogP contribution is 2.24. The zero-order chi connectivity index (χ0) is 12.0. The van der Waals surface area contributed by atoms with Gasteiger partial charge in [0, 0.05) is 13.0 Å². The molecule has 1 rings (SSSR count). The molecular formula is C11H13ClFNO2. The predicted octanol–water partition coefficient (Wildman–Crippen LogP) is 2.58. The third-order valence-electron chi connectivity index (χ3n) is 2.04. The van der Waals surface area contributed by atoms with Gasteiger partial charge in [-0.2, -0.15) is 0 Å². The van der Waals surface area contributed by atoms with E-state index in [0.717, 1.165) is 0 Å². The molecule has 0 atom stereocenters. The summed E-state index contributed by atoms with van der Waals surface area (Å²) in [6.07, 6.45) is 1.36. The second-order valence-corrected chi connectivity index (χ2v) is 3.73. The minimum Gasteiger partial charge on any atom is -0.396 e. The van der Waals surface area contributed by atoms with Crippen LogP contribution in [0.2, 0.25) is 5.02 Å². The molecule has 16 heavy (non-hydrogen) atoms. The number of aliphatic hydroxyl groups is 1. The number of para-hydroxylation sites is 1. The molecule has 88 valence electrons. The molecule has 0 aromatic heterocycles. The number of halogens is 2. The van der Waals surface area contributed by atoms with Crippen molar-refractivity contribution in [3.63, 3.8) is 0 Å². The quantitative estimate of drug-likeness (QED) is 0.784. The first kappa shape index (κ1) is 12.9. The molecule has 1 aromatic carbocycles. The van der Waals surface area contributed by atoms with Crippen LogP contribution in [0, 0.1) is 5.82 Å². The van der Waals surface area contributed by atoms with Gasteiger partial charge in [0.1, 0.15) is 5.82 Å². The van der Waals surface area contributed by atoms with Gasteiger partial charge in [-0.3, -0.25) is 4.79 Å². The number of carbonyl (C=O) groups excluding carboxylic acids is 1. The number of hydrogen-bond acceptors (Lipinski definition) is 2. The number of nitrogens with one attached hydrogen (secondary N) is 1. The van der Waals surface area contributed by atoms with E-state index in [1.807, 2.05) is 0 Å². The highest BCUT2D eigenvalue weighted by molar-refractivity contribution is 6.33. The molecule has 0 aliphatic rings. The van der Waals surface area contributed by atoms with Gasteiger partial charge < -0.3 is 10.4 Å². The molecule has 0 saturated carbocycles. The van der Waals surface area contributed by atoms with E-state index < -0.39 is 5.82 Å². The number of carbonyl (C=O) groups is 1. The highest BCUT2D eigenvalue weighted by Gasteiger charge is 2.09. The summed E-state index contributed by atoms with van der Waals surface area (Å²) in [6.45, 7) is 0.0493. The molecule has 3 nitrogen and oxygen atoms in total. The van der Waals surface area contributed by atoms with Crippen molar-refractivity contribution in [3.05, 3.63) is 29.0 Å². The fraction of sp³-hybridized carbons (Fsp3) is 0.364. The summed E-state index contributed by atoms with van der Waals surface area (Å²) in [4.78, 5) is 11.4. The standard InChI is InChI=1S/C11H13ClFNO2/c12-8-4-3-5-9(13)11(8)14-10(16)6-1-2-7-15/h3-5,15H,1-2,6-7H2,(H,14,16). The van der Waals surface area contributed by atoms with Gasteiger partial charge in [0.05, 0.1) is 10.7 Å². The van der Waals surface area contributed by atoms with E-state index in [-0.39, 0.29) is 29.6 Å². The van der Waals surface area contributed by atoms with Crippen LogP contribution in [-0.4, -0.2) is 17.6 Å². The van der Waals surface area contributed by atoms with Gasteiger partial charge in [0.2, 0.25) is 5.91 Å². The Morgan fingerprint density at radius 2 is 2.19 bits per heavy atom. The van der Waals surface area contributed by atoms with Crippen LogP contribution in [0.4, 0.5) is 10.1 Å². The average molecular weight is 246 g/mol. The smallest absolute Gasteiger partial charge is 0.224 e. The third-order valence-corrected chi connectivity index (χ3v) is 2.35. The van der Waals surface area contributed by atoms with Gasteiger partial charge in [-0.05, 0) is 25.0 Å². The molecule has 0 heterocycles. The van der Waals surface area contributed by atoms with E-state index >= 15 is 0 Å². The van der Waals surface area contributed by atoms with Crippen LogP contribution < -0.4 is 5.32 Å². The predicted molar refractivity (Wildman–Crippen MR) is 61.0 cm³/mol. The average Bonchev–Trinajstić information content (AvgIpc) is 2.24. The molecule has 2 N–H and O–H groups in total. The van der Waals surface area contributed by atoms with Crippen molar-refractivity contribution in [2.45, 2.75) is 19.3 Å². The molecular weight excluding hydrogens is 233 g/mol. The van der Waals surface area contributed by atoms with E-state index in [1.165, 1.54) is 18.2 Å². The van der Waals surface area contributed by atoms with Crippen molar-refractivity contribution in [2.75, 3.05) is 11.9 Å². The van der Waals surface area contributed by atoms with Crippen LogP contribution in [0.25, 0.3) is 0 Å². The van der Waals surface area contributed by atoms with Crippen molar-refractivity contribution in [2.24, 2.45) is 0 Å². The van der Waals surface area contributed by atoms with E-state index in [9.17, 15) is 9.18 Å². The SMILES string of the molecule is O=C(CCCCO)Nc1c(F)cccc1Cl. The second kappa shape index (κ2) is 6.45. The Bertz CT molecular complexity index is 351. The Morgan fingerprint density at radius 1 is 1.44 bits per heavy atom. The molecule has 0 saturated heterocycles. The lowest BCUT2D eigenvalue weighted by Crippen LogP contribution is -2.12. The second-order valence-electron chi connectivity index (χ2n) is 3.33. The molecule has 0 fully saturated rings. The molecule has 0 radical (unpaired) electrons. The Kier molecular flexibility index (Phi) is 5.22. The Hall–Kier alpha value is -1.13. The van der Waals surface area contributed by atoms with Crippen LogP contribution in [-0.2, 0) is 4.79 Å². The van der Waals surface area contributed by atoms with Crippen LogP contribution in [0.5, 0.6) is 0 Å². The van der Waals surface area contributed by atoms with Gasteiger partial charge in [-0.25, -0.2) is 4.39 Å². The summed E-state index contributed by atoms with van der Waals surface area (Å²) in [5.41, 5.74) is 0.0122. The van der Waals surface area contributed by atoms with Crippen molar-refractivity contribution < 1.29 is 14.3 Å². The topological polar surface area (TPSA) is 49.3 Å². The first-order chi connectivity index (χ1) is 7.65. The minimum absolute atomic E-state index is 0.0122. The van der Waals surface area contributed by atoms with Crippen molar-refractivity contribution in [1.82, 2.24) is 0 Å². The van der Waals surface area contributed by atoms with Gasteiger partial charge in [-0.1, -0.05) is 17.7 Å². The largest absolute Gasteiger partial charge is 0.396 e. The lowest BCUT2D eigenvalue weighted by molar-refractivity contribution is -0.116. The van der Waals surface area contributed by atoms with Crippen molar-refractivity contribution >= 4 is 23.2 Å². The summed E-state index contributed by atoms with van der Waals surface area (Å²) >= 11 is 5.74. The fourth-order valence-corrected chi connectivity index (χ4v) is 1.43. The van der Waals surface area contributed by atoms with Gasteiger partial charge >= 0.3 is 0 Å². The molecule has 0 unspecified atom stereocenters. The maximum absolute atomic E-state index is 13.3. The molecule has 0 spiro atoms. The number of hydrogen-bond donors (Lipinski definition) is 2. The van der Waals surface area contributed by atoms with E-state index in [1.54, 1.807) is 0 Å². The zero-order valence-electron chi connectivity index (χ0n) is 8.67. The third kappa shape index (κ3) is 3.79. The maximum atomic E-state index is 13.3. The summed E-state index contributed by atoms with van der Waals surface area (Å²) in [5.74, 6) is -0.858. The van der Waals surface area contributed by atoms with Crippen molar-refractivity contribution in [3.8, 4) is 0 Å². The molecule has 1 amide bonds. The van der Waals surface area contributed by atoms with Crippen LogP contribution in [0.15, 0.2) is 18.2 Å². The molecule has 1 aromatic rings. The van der Waals surface area contributed by atoms with E-state index in [0.29, 0.717) is 12.8 Å². The Balaban J connectivity index is 2.56. The van der Waals surface area contributed by atoms with Crippen LogP contribution >= 0.6 is 11.6 Å². The first-order valence-corrected chi connectivity index (χ1v) is 5.37.